The summed E-state index contributed by atoms with van der Waals surface area (Å²) in [5.74, 6) is 1.10. The Morgan fingerprint density at radius 1 is 1.17 bits per heavy atom. The summed E-state index contributed by atoms with van der Waals surface area (Å²) in [4.78, 5) is 8.69. The zero-order valence-corrected chi connectivity index (χ0v) is 13.3. The fraction of sp³-hybridized carbons (Fsp3) is 0.647. The molecular formula is C17H24N4O2. The van der Waals surface area contributed by atoms with Crippen molar-refractivity contribution in [2.75, 3.05) is 12.3 Å². The fourth-order valence-corrected chi connectivity index (χ4v) is 4.11. The van der Waals surface area contributed by atoms with Crippen LogP contribution in [0, 0.1) is 0 Å². The maximum Gasteiger partial charge on any atom is 0.147 e. The van der Waals surface area contributed by atoms with Crippen LogP contribution in [0.25, 0.3) is 11.0 Å². The van der Waals surface area contributed by atoms with Gasteiger partial charge in [-0.25, -0.2) is 9.97 Å². The van der Waals surface area contributed by atoms with Crippen molar-refractivity contribution < 1.29 is 9.84 Å². The molecule has 3 heterocycles. The van der Waals surface area contributed by atoms with Gasteiger partial charge in [-0.1, -0.05) is 19.3 Å². The molecule has 2 aromatic rings. The lowest BCUT2D eigenvalue weighted by atomic mass is 9.84. The van der Waals surface area contributed by atoms with E-state index in [1.165, 1.54) is 44.0 Å². The summed E-state index contributed by atoms with van der Waals surface area (Å²) < 4.78 is 8.06. The second-order valence-corrected chi connectivity index (χ2v) is 6.76. The maximum atomic E-state index is 9.32. The largest absolute Gasteiger partial charge is 0.394 e. The number of aliphatic hydroxyl groups excluding tert-OH is 1. The molecule has 1 aliphatic heterocycles. The first-order chi connectivity index (χ1) is 11.3. The summed E-state index contributed by atoms with van der Waals surface area (Å²) in [6, 6.07) is 0. The summed E-state index contributed by atoms with van der Waals surface area (Å²) in [5.41, 5.74) is 8.32. The van der Waals surface area contributed by atoms with E-state index in [9.17, 15) is 5.11 Å². The summed E-state index contributed by atoms with van der Waals surface area (Å²) >= 11 is 0. The van der Waals surface area contributed by atoms with E-state index in [-0.39, 0.29) is 18.9 Å². The van der Waals surface area contributed by atoms with Gasteiger partial charge in [0.05, 0.1) is 18.1 Å². The number of anilines is 1. The number of ether oxygens (including phenoxy) is 1. The van der Waals surface area contributed by atoms with Gasteiger partial charge in [0, 0.05) is 6.20 Å². The monoisotopic (exact) mass is 316 g/mol. The first-order valence-corrected chi connectivity index (χ1v) is 8.65. The van der Waals surface area contributed by atoms with Gasteiger partial charge < -0.3 is 20.1 Å². The van der Waals surface area contributed by atoms with Crippen molar-refractivity contribution in [1.29, 1.82) is 0 Å². The van der Waals surface area contributed by atoms with Crippen LogP contribution < -0.4 is 5.73 Å². The van der Waals surface area contributed by atoms with Crippen LogP contribution in [0.4, 0.5) is 5.82 Å². The number of hydrogen-bond donors (Lipinski definition) is 2. The number of aliphatic hydroxyl groups is 1. The lowest BCUT2D eigenvalue weighted by Gasteiger charge is -2.21. The van der Waals surface area contributed by atoms with Crippen LogP contribution in [0.3, 0.4) is 0 Å². The maximum absolute atomic E-state index is 9.32. The van der Waals surface area contributed by atoms with Gasteiger partial charge in [0.1, 0.15) is 24.0 Å². The van der Waals surface area contributed by atoms with Gasteiger partial charge in [0.25, 0.3) is 0 Å². The normalized spacial score (nSPS) is 26.1. The molecule has 3 N–H and O–H groups in total. The molecule has 124 valence electrons. The minimum absolute atomic E-state index is 0.0682. The van der Waals surface area contributed by atoms with E-state index < -0.39 is 0 Å². The first-order valence-electron chi connectivity index (χ1n) is 8.65. The highest BCUT2D eigenvalue weighted by atomic mass is 16.5. The van der Waals surface area contributed by atoms with E-state index in [0.717, 1.165) is 23.9 Å². The zero-order chi connectivity index (χ0) is 15.8. The van der Waals surface area contributed by atoms with Crippen molar-refractivity contribution in [2.24, 2.45) is 0 Å². The van der Waals surface area contributed by atoms with Crippen LogP contribution in [0.1, 0.15) is 62.7 Å². The van der Waals surface area contributed by atoms with Gasteiger partial charge in [0.2, 0.25) is 0 Å². The standard InChI is InChI=1S/C17H24N4O2/c18-16-15-13(11-4-2-1-3-5-11)8-21(17(15)20-10-19-16)14-7-6-12(9-22)23-14/h8,10-12,14,22H,1-7,9H2,(H2,18,19,20). The van der Waals surface area contributed by atoms with Gasteiger partial charge in [0.15, 0.2) is 0 Å². The molecule has 1 aliphatic carbocycles. The van der Waals surface area contributed by atoms with Gasteiger partial charge >= 0.3 is 0 Å². The zero-order valence-electron chi connectivity index (χ0n) is 13.3. The van der Waals surface area contributed by atoms with Gasteiger partial charge in [-0.2, -0.15) is 0 Å². The molecule has 0 spiro atoms. The lowest BCUT2D eigenvalue weighted by molar-refractivity contribution is -0.0205. The SMILES string of the molecule is Nc1ncnc2c1c(C1CCCCC1)cn2C1CCC(CO)O1. The molecule has 2 atom stereocenters. The van der Waals surface area contributed by atoms with E-state index in [4.69, 9.17) is 10.5 Å². The summed E-state index contributed by atoms with van der Waals surface area (Å²) in [6.45, 7) is 0.0717. The van der Waals surface area contributed by atoms with E-state index in [1.54, 1.807) is 0 Å². The lowest BCUT2D eigenvalue weighted by Crippen LogP contribution is -2.14. The van der Waals surface area contributed by atoms with Crippen molar-refractivity contribution in [3.05, 3.63) is 18.1 Å². The molecule has 1 saturated carbocycles. The minimum atomic E-state index is -0.0743. The van der Waals surface area contributed by atoms with Crippen LogP contribution in [-0.2, 0) is 4.74 Å². The van der Waals surface area contributed by atoms with Crippen molar-refractivity contribution in [1.82, 2.24) is 14.5 Å². The molecule has 23 heavy (non-hydrogen) atoms. The fourth-order valence-electron chi connectivity index (χ4n) is 4.11. The minimum Gasteiger partial charge on any atom is -0.394 e. The van der Waals surface area contributed by atoms with E-state index in [2.05, 4.69) is 20.7 Å². The molecule has 4 rings (SSSR count). The molecule has 2 aliphatic rings. The smallest absolute Gasteiger partial charge is 0.147 e. The Hall–Kier alpha value is -1.66. The quantitative estimate of drug-likeness (QED) is 0.909. The number of fused-ring (bicyclic) bond motifs is 1. The average molecular weight is 316 g/mol. The highest BCUT2D eigenvalue weighted by Gasteiger charge is 2.30. The number of hydrogen-bond acceptors (Lipinski definition) is 5. The third-order valence-electron chi connectivity index (χ3n) is 5.31. The number of nitrogen functional groups attached to an aromatic ring is 1. The molecule has 2 aromatic heterocycles. The molecule has 0 radical (unpaired) electrons. The molecule has 0 amide bonds. The summed E-state index contributed by atoms with van der Waals surface area (Å²) in [5, 5.41) is 10.3. The second kappa shape index (κ2) is 6.09. The third-order valence-corrected chi connectivity index (χ3v) is 5.31. The number of aromatic nitrogens is 3. The Morgan fingerprint density at radius 3 is 2.74 bits per heavy atom. The highest BCUT2D eigenvalue weighted by molar-refractivity contribution is 5.90. The third kappa shape index (κ3) is 2.60. The predicted molar refractivity (Wildman–Crippen MR) is 88.0 cm³/mol. The number of nitrogens with two attached hydrogens (primary N) is 1. The molecule has 6 nitrogen and oxygen atoms in total. The van der Waals surface area contributed by atoms with Crippen LogP contribution in [0.2, 0.25) is 0 Å². The number of rotatable bonds is 3. The molecule has 0 aromatic carbocycles. The Bertz CT molecular complexity index is 693. The van der Waals surface area contributed by atoms with Crippen molar-refractivity contribution in [2.45, 2.75) is 63.2 Å². The van der Waals surface area contributed by atoms with Crippen molar-refractivity contribution in [3.8, 4) is 0 Å². The topological polar surface area (TPSA) is 86.2 Å². The molecule has 6 heteroatoms. The van der Waals surface area contributed by atoms with Crippen LogP contribution >= 0.6 is 0 Å². The summed E-state index contributed by atoms with van der Waals surface area (Å²) in [6.07, 6.45) is 11.6. The van der Waals surface area contributed by atoms with Crippen molar-refractivity contribution >= 4 is 16.9 Å². The molecular weight excluding hydrogens is 292 g/mol. The van der Waals surface area contributed by atoms with E-state index >= 15 is 0 Å². The second-order valence-electron chi connectivity index (χ2n) is 6.76. The summed E-state index contributed by atoms with van der Waals surface area (Å²) in [7, 11) is 0. The van der Waals surface area contributed by atoms with Crippen molar-refractivity contribution in [3.63, 3.8) is 0 Å². The number of nitrogens with zero attached hydrogens (tertiary/aromatic N) is 3. The van der Waals surface area contributed by atoms with Crippen LogP contribution in [-0.4, -0.2) is 32.4 Å². The molecule has 2 fully saturated rings. The first kappa shape index (κ1) is 14.9. The Labute approximate surface area is 135 Å². The molecule has 0 bridgehead atoms. The van der Waals surface area contributed by atoms with Gasteiger partial charge in [-0.3, -0.25) is 0 Å². The van der Waals surface area contributed by atoms with Crippen LogP contribution in [0.15, 0.2) is 12.5 Å². The van der Waals surface area contributed by atoms with E-state index in [1.807, 2.05) is 0 Å². The average Bonchev–Trinajstić information content (AvgIpc) is 3.20. The molecule has 2 unspecified atom stereocenters. The predicted octanol–water partition coefficient (Wildman–Crippen LogP) is 2.73. The van der Waals surface area contributed by atoms with E-state index in [0.29, 0.717) is 11.7 Å². The Morgan fingerprint density at radius 2 is 2.00 bits per heavy atom. The Kier molecular flexibility index (Phi) is 3.95. The van der Waals surface area contributed by atoms with Gasteiger partial charge in [-0.15, -0.1) is 0 Å². The van der Waals surface area contributed by atoms with Gasteiger partial charge in [-0.05, 0) is 37.2 Å². The highest BCUT2D eigenvalue weighted by Crippen LogP contribution is 2.40. The molecule has 1 saturated heterocycles. The Balaban J connectivity index is 1.78. The van der Waals surface area contributed by atoms with Crippen LogP contribution in [0.5, 0.6) is 0 Å².